The van der Waals surface area contributed by atoms with Crippen LogP contribution in [-0.2, 0) is 12.8 Å². The van der Waals surface area contributed by atoms with Crippen molar-refractivity contribution in [1.29, 1.82) is 0 Å². The maximum atomic E-state index is 6.49. The third-order valence-electron chi connectivity index (χ3n) is 5.77. The van der Waals surface area contributed by atoms with Gasteiger partial charge in [-0.2, -0.15) is 0 Å². The van der Waals surface area contributed by atoms with Gasteiger partial charge in [-0.15, -0.1) is 0 Å². The van der Waals surface area contributed by atoms with E-state index < -0.39 is 0 Å². The van der Waals surface area contributed by atoms with Gasteiger partial charge in [-0.05, 0) is 61.4 Å². The van der Waals surface area contributed by atoms with Crippen molar-refractivity contribution < 1.29 is 0 Å². The lowest BCUT2D eigenvalue weighted by molar-refractivity contribution is 0.684. The van der Waals surface area contributed by atoms with Crippen LogP contribution in [0.25, 0.3) is 17.0 Å². The van der Waals surface area contributed by atoms with Gasteiger partial charge in [0.2, 0.25) is 0 Å². The van der Waals surface area contributed by atoms with Crippen molar-refractivity contribution in [3.63, 3.8) is 0 Å². The third-order valence-corrected chi connectivity index (χ3v) is 6.10. The molecule has 4 heteroatoms. The Bertz CT molecular complexity index is 1090. The fourth-order valence-corrected chi connectivity index (χ4v) is 4.54. The molecule has 1 aliphatic carbocycles. The van der Waals surface area contributed by atoms with Crippen molar-refractivity contribution in [1.82, 2.24) is 4.98 Å². The molecule has 0 saturated carbocycles. The maximum Gasteiger partial charge on any atom is 0.134 e. The zero-order valence-corrected chi connectivity index (χ0v) is 17.1. The molecule has 0 unspecified atom stereocenters. The summed E-state index contributed by atoms with van der Waals surface area (Å²) in [6, 6.07) is 18.7. The molecule has 0 fully saturated rings. The summed E-state index contributed by atoms with van der Waals surface area (Å²) in [7, 11) is 0. The van der Waals surface area contributed by atoms with Gasteiger partial charge in [0.25, 0.3) is 0 Å². The van der Waals surface area contributed by atoms with Gasteiger partial charge in [0.1, 0.15) is 5.82 Å². The molecule has 146 valence electrons. The number of benzene rings is 2. The number of nitrogens with one attached hydrogen (secondary N) is 2. The van der Waals surface area contributed by atoms with Crippen molar-refractivity contribution in [2.75, 3.05) is 17.2 Å². The molecular weight excluding hydrogens is 378 g/mol. The Morgan fingerprint density at radius 1 is 0.931 bits per heavy atom. The minimum absolute atomic E-state index is 0.741. The van der Waals surface area contributed by atoms with Crippen molar-refractivity contribution in [3.8, 4) is 11.3 Å². The molecule has 1 aromatic heterocycles. The second kappa shape index (κ2) is 7.92. The van der Waals surface area contributed by atoms with Gasteiger partial charge in [0.05, 0.1) is 5.69 Å². The van der Waals surface area contributed by atoms with E-state index in [0.717, 1.165) is 53.6 Å². The molecule has 5 rings (SSSR count). The van der Waals surface area contributed by atoms with E-state index >= 15 is 0 Å². The number of hydrogen-bond donors (Lipinski definition) is 2. The molecule has 0 radical (unpaired) electrons. The third kappa shape index (κ3) is 3.63. The van der Waals surface area contributed by atoms with Crippen LogP contribution in [-0.4, -0.2) is 11.5 Å². The van der Waals surface area contributed by atoms with Gasteiger partial charge in [0, 0.05) is 34.1 Å². The topological polar surface area (TPSA) is 37.0 Å². The molecule has 2 N–H and O–H groups in total. The molecular formula is C25H24ClN3. The Kier molecular flexibility index (Phi) is 4.99. The number of halogens is 1. The Hall–Kier alpha value is -2.78. The highest BCUT2D eigenvalue weighted by Crippen LogP contribution is 2.36. The molecule has 0 bridgehead atoms. The van der Waals surface area contributed by atoms with E-state index in [-0.39, 0.29) is 0 Å². The highest BCUT2D eigenvalue weighted by atomic mass is 35.5. The Morgan fingerprint density at radius 2 is 1.72 bits per heavy atom. The zero-order chi connectivity index (χ0) is 19.6. The van der Waals surface area contributed by atoms with Crippen LogP contribution in [0.3, 0.4) is 0 Å². The van der Waals surface area contributed by atoms with Crippen LogP contribution in [0.15, 0.2) is 60.7 Å². The fourth-order valence-electron chi connectivity index (χ4n) is 4.31. The number of aromatic nitrogens is 1. The monoisotopic (exact) mass is 401 g/mol. The minimum atomic E-state index is 0.741. The highest BCUT2D eigenvalue weighted by molar-refractivity contribution is 6.33. The standard InChI is InChI=1S/C25H24ClN3/c26-21-12-5-3-10-19(21)24-16-17-8-1-2-9-18(17)25(29-24)28-23-14-7-15-27-22-13-6-4-11-20(22)23/h3-6,10-14,16,27H,1-2,7-9,15H2,(H,28,29). The lowest BCUT2D eigenvalue weighted by Gasteiger charge is -2.22. The summed E-state index contributed by atoms with van der Waals surface area (Å²) in [4.78, 5) is 5.06. The average Bonchev–Trinajstić information content (AvgIpc) is 2.96. The number of rotatable bonds is 3. The van der Waals surface area contributed by atoms with Crippen molar-refractivity contribution >= 4 is 28.8 Å². The Balaban J connectivity index is 1.61. The molecule has 0 saturated heterocycles. The molecule has 2 heterocycles. The Morgan fingerprint density at radius 3 is 2.62 bits per heavy atom. The van der Waals surface area contributed by atoms with Crippen LogP contribution in [0.1, 0.15) is 36.0 Å². The summed E-state index contributed by atoms with van der Waals surface area (Å²) in [6.45, 7) is 0.938. The van der Waals surface area contributed by atoms with Crippen LogP contribution >= 0.6 is 11.6 Å². The maximum absolute atomic E-state index is 6.49. The molecule has 0 atom stereocenters. The molecule has 2 aromatic carbocycles. The van der Waals surface area contributed by atoms with Gasteiger partial charge in [0.15, 0.2) is 0 Å². The van der Waals surface area contributed by atoms with Crippen molar-refractivity contribution in [3.05, 3.63) is 82.4 Å². The van der Waals surface area contributed by atoms with E-state index in [1.165, 1.54) is 35.2 Å². The first-order valence-corrected chi connectivity index (χ1v) is 10.8. The van der Waals surface area contributed by atoms with Crippen LogP contribution < -0.4 is 10.6 Å². The van der Waals surface area contributed by atoms with Gasteiger partial charge >= 0.3 is 0 Å². The van der Waals surface area contributed by atoms with Gasteiger partial charge in [-0.25, -0.2) is 4.98 Å². The second-order valence-corrected chi connectivity index (χ2v) is 8.09. The predicted molar refractivity (Wildman–Crippen MR) is 122 cm³/mol. The molecule has 2 aliphatic rings. The van der Waals surface area contributed by atoms with E-state index in [0.29, 0.717) is 0 Å². The van der Waals surface area contributed by atoms with Gasteiger partial charge in [-0.1, -0.05) is 54.1 Å². The normalized spacial score (nSPS) is 15.4. The van der Waals surface area contributed by atoms with Crippen molar-refractivity contribution in [2.45, 2.75) is 32.1 Å². The largest absolute Gasteiger partial charge is 0.384 e. The number of para-hydroxylation sites is 1. The van der Waals surface area contributed by atoms with Gasteiger partial charge < -0.3 is 10.6 Å². The number of fused-ring (bicyclic) bond motifs is 2. The first-order valence-electron chi connectivity index (χ1n) is 10.4. The van der Waals surface area contributed by atoms with Crippen molar-refractivity contribution in [2.24, 2.45) is 0 Å². The summed E-state index contributed by atoms with van der Waals surface area (Å²) in [5.41, 5.74) is 8.16. The van der Waals surface area contributed by atoms with E-state index in [2.05, 4.69) is 47.0 Å². The molecule has 3 nitrogen and oxygen atoms in total. The molecule has 29 heavy (non-hydrogen) atoms. The molecule has 0 spiro atoms. The summed E-state index contributed by atoms with van der Waals surface area (Å²) in [6.07, 6.45) is 7.86. The predicted octanol–water partition coefficient (Wildman–Crippen LogP) is 6.55. The summed E-state index contributed by atoms with van der Waals surface area (Å²) >= 11 is 6.49. The van der Waals surface area contributed by atoms with Crippen LogP contribution in [0, 0.1) is 0 Å². The first kappa shape index (κ1) is 18.3. The van der Waals surface area contributed by atoms with Gasteiger partial charge in [-0.3, -0.25) is 0 Å². The summed E-state index contributed by atoms with van der Waals surface area (Å²) < 4.78 is 0. The highest BCUT2D eigenvalue weighted by Gasteiger charge is 2.20. The first-order chi connectivity index (χ1) is 14.3. The van der Waals surface area contributed by atoms with E-state index in [9.17, 15) is 0 Å². The van der Waals surface area contributed by atoms with Crippen LogP contribution in [0.2, 0.25) is 5.02 Å². The second-order valence-electron chi connectivity index (χ2n) is 7.68. The number of anilines is 2. The van der Waals surface area contributed by atoms with E-state index in [4.69, 9.17) is 16.6 Å². The summed E-state index contributed by atoms with van der Waals surface area (Å²) in [5, 5.41) is 7.96. The minimum Gasteiger partial charge on any atom is -0.384 e. The summed E-state index contributed by atoms with van der Waals surface area (Å²) in [5.74, 6) is 0.972. The molecule has 0 amide bonds. The SMILES string of the molecule is Clc1ccccc1-c1cc2c(c(NC3=CCCNc4ccccc43)n1)CCCC2. The molecule has 1 aliphatic heterocycles. The lowest BCUT2D eigenvalue weighted by Crippen LogP contribution is -2.11. The number of pyridine rings is 1. The average molecular weight is 402 g/mol. The number of aryl methyl sites for hydroxylation is 1. The van der Waals surface area contributed by atoms with Crippen LogP contribution in [0.5, 0.6) is 0 Å². The number of nitrogens with zero attached hydrogens (tertiary/aromatic N) is 1. The van der Waals surface area contributed by atoms with E-state index in [1.54, 1.807) is 0 Å². The van der Waals surface area contributed by atoms with Crippen LogP contribution in [0.4, 0.5) is 11.5 Å². The quantitative estimate of drug-likeness (QED) is 0.522. The number of hydrogen-bond acceptors (Lipinski definition) is 3. The lowest BCUT2D eigenvalue weighted by atomic mass is 9.91. The smallest absolute Gasteiger partial charge is 0.134 e. The Labute approximate surface area is 176 Å². The van der Waals surface area contributed by atoms with E-state index in [1.807, 2.05) is 24.3 Å². The zero-order valence-electron chi connectivity index (χ0n) is 16.3. The molecule has 3 aromatic rings. The fraction of sp³-hybridized carbons (Fsp3) is 0.240.